The van der Waals surface area contributed by atoms with Gasteiger partial charge in [0.25, 0.3) is 0 Å². The van der Waals surface area contributed by atoms with Crippen LogP contribution in [0.4, 0.5) is 5.69 Å². The van der Waals surface area contributed by atoms with E-state index in [9.17, 15) is 0 Å². The van der Waals surface area contributed by atoms with Gasteiger partial charge in [-0.05, 0) is 25.2 Å². The van der Waals surface area contributed by atoms with Crippen LogP contribution in [0.25, 0.3) is 10.9 Å². The van der Waals surface area contributed by atoms with Gasteiger partial charge in [0.1, 0.15) is 0 Å². The number of likely N-dealkylation sites (N-methyl/N-ethyl adjacent to an activating group) is 1. The number of fused-ring (bicyclic) bond motifs is 1. The van der Waals surface area contributed by atoms with Gasteiger partial charge in [-0.2, -0.15) is 0 Å². The third-order valence-corrected chi connectivity index (χ3v) is 3.27. The number of para-hydroxylation sites is 1. The molecule has 0 aliphatic carbocycles. The second kappa shape index (κ2) is 11.1. The Morgan fingerprint density at radius 1 is 1.14 bits per heavy atom. The summed E-state index contributed by atoms with van der Waals surface area (Å²) in [6.07, 6.45) is 1.85. The molecule has 6 heteroatoms. The van der Waals surface area contributed by atoms with Crippen LogP contribution < -0.4 is 5.32 Å². The summed E-state index contributed by atoms with van der Waals surface area (Å²) < 4.78 is 0. The van der Waals surface area contributed by atoms with Gasteiger partial charge in [0.15, 0.2) is 0 Å². The average molecular weight is 373 g/mol. The Labute approximate surface area is 141 Å². The van der Waals surface area contributed by atoms with Crippen molar-refractivity contribution in [1.82, 2.24) is 9.88 Å². The van der Waals surface area contributed by atoms with E-state index >= 15 is 0 Å². The molecule has 118 valence electrons. The van der Waals surface area contributed by atoms with Gasteiger partial charge in [-0.15, -0.1) is 0 Å². The van der Waals surface area contributed by atoms with E-state index in [0.29, 0.717) is 12.9 Å². The molecule has 1 N–H and O–H groups in total. The predicted octanol–water partition coefficient (Wildman–Crippen LogP) is 4.37. The summed E-state index contributed by atoms with van der Waals surface area (Å²) in [5.41, 5.74) is 2.18. The third-order valence-electron chi connectivity index (χ3n) is 3.27. The molecule has 1 heterocycles. The quantitative estimate of drug-likeness (QED) is 0.816. The first-order valence-corrected chi connectivity index (χ1v) is 9.76. The van der Waals surface area contributed by atoms with Crippen LogP contribution in [0.15, 0.2) is 36.5 Å². The Bertz CT molecular complexity index is 516. The van der Waals surface area contributed by atoms with E-state index in [-0.39, 0.29) is 0 Å². The van der Waals surface area contributed by atoms with Gasteiger partial charge >= 0.3 is 33.2 Å². The Morgan fingerprint density at radius 3 is 2.48 bits per heavy atom. The summed E-state index contributed by atoms with van der Waals surface area (Å²) in [6, 6.07) is 10.3. The fraction of sp³-hybridized carbons (Fsp3) is 0.400. The molecule has 0 spiro atoms. The molecule has 0 aliphatic heterocycles. The van der Waals surface area contributed by atoms with Gasteiger partial charge in [-0.3, -0.25) is 4.98 Å². The molecule has 21 heavy (non-hydrogen) atoms. The zero-order valence-electron chi connectivity index (χ0n) is 12.3. The molecule has 0 unspecified atom stereocenters. The van der Waals surface area contributed by atoms with Crippen LogP contribution in [-0.2, 0) is 12.9 Å². The van der Waals surface area contributed by atoms with E-state index in [1.165, 1.54) is 5.39 Å². The molecular weight excluding hydrogens is 352 g/mol. The first-order valence-electron chi connectivity index (χ1n) is 6.90. The summed E-state index contributed by atoms with van der Waals surface area (Å²) in [7, 11) is 9.47. The number of pyridine rings is 1. The van der Waals surface area contributed by atoms with Gasteiger partial charge in [-0.1, -0.05) is 32.0 Å². The number of nitrogens with one attached hydrogen (secondary N) is 1. The summed E-state index contributed by atoms with van der Waals surface area (Å²) in [4.78, 5) is 6.85. The number of nitrogens with zero attached hydrogens (tertiary/aromatic N) is 2. The van der Waals surface area contributed by atoms with Crippen molar-refractivity contribution in [3.05, 3.63) is 36.5 Å². The zero-order valence-corrected chi connectivity index (χ0v) is 14.8. The van der Waals surface area contributed by atoms with E-state index in [0.717, 1.165) is 37.4 Å². The van der Waals surface area contributed by atoms with Gasteiger partial charge < -0.3 is 10.2 Å². The van der Waals surface area contributed by atoms with Crippen LogP contribution in [0.5, 0.6) is 0 Å². The van der Waals surface area contributed by atoms with Crippen molar-refractivity contribution in [3.8, 4) is 0 Å². The van der Waals surface area contributed by atoms with Crippen molar-refractivity contribution >= 4 is 36.9 Å². The molecule has 0 aliphatic rings. The average Bonchev–Trinajstić information content (AvgIpc) is 2.52. The van der Waals surface area contributed by atoms with Crippen LogP contribution in [0.3, 0.4) is 0 Å². The maximum absolute atomic E-state index is 4.73. The van der Waals surface area contributed by atoms with Crippen LogP contribution in [0, 0.1) is 0 Å². The third kappa shape index (κ3) is 6.40. The van der Waals surface area contributed by atoms with Gasteiger partial charge in [0, 0.05) is 24.7 Å². The van der Waals surface area contributed by atoms with E-state index in [1.54, 1.807) is 0 Å². The molecule has 0 fully saturated rings. The molecule has 0 radical (unpaired) electrons. The predicted molar refractivity (Wildman–Crippen MR) is 89.7 cm³/mol. The molecule has 3 nitrogen and oxygen atoms in total. The van der Waals surface area contributed by atoms with Crippen LogP contribution in [0.2, 0.25) is 0 Å². The van der Waals surface area contributed by atoms with Crippen LogP contribution >= 0.6 is 20.3 Å². The standard InChI is InChI=1S/C15H21N3.2ClH.Co/c1-3-18(4-2)12-11-16-14-9-5-7-13-8-6-10-17-15(13)14;;;/h5-10,16H,3-4,11-12H2,1-2H3;2*1H;/q;;;+3/p-2. The number of hydrogen-bond donors (Lipinski definition) is 1. The second-order valence-electron chi connectivity index (χ2n) is 4.38. The summed E-state index contributed by atoms with van der Waals surface area (Å²) in [5, 5.41) is 4.67. The molecule has 2 aromatic rings. The van der Waals surface area contributed by atoms with Crippen LogP contribution in [0.1, 0.15) is 13.8 Å². The first-order chi connectivity index (χ1) is 10.3. The van der Waals surface area contributed by atoms with Crippen molar-refractivity contribution in [2.45, 2.75) is 13.8 Å². The minimum atomic E-state index is 0.382. The van der Waals surface area contributed by atoms with E-state index < -0.39 is 0 Å². The van der Waals surface area contributed by atoms with Crippen molar-refractivity contribution in [3.63, 3.8) is 0 Å². The molecule has 0 amide bonds. The van der Waals surface area contributed by atoms with Crippen molar-refractivity contribution < 1.29 is 12.9 Å². The van der Waals surface area contributed by atoms with Crippen molar-refractivity contribution in [2.24, 2.45) is 0 Å². The van der Waals surface area contributed by atoms with E-state index in [2.05, 4.69) is 53.3 Å². The SMILES string of the molecule is CCN(CC)CCNc1cccc2cccnc12.[Cl][Co+][Cl]. The molecule has 0 saturated carbocycles. The molecule has 0 bridgehead atoms. The fourth-order valence-electron chi connectivity index (χ4n) is 2.14. The number of hydrogen-bond acceptors (Lipinski definition) is 3. The van der Waals surface area contributed by atoms with Gasteiger partial charge in [0.05, 0.1) is 11.2 Å². The van der Waals surface area contributed by atoms with Crippen molar-refractivity contribution in [1.29, 1.82) is 0 Å². The maximum atomic E-state index is 4.73. The van der Waals surface area contributed by atoms with Crippen molar-refractivity contribution in [2.75, 3.05) is 31.5 Å². The fourth-order valence-corrected chi connectivity index (χ4v) is 2.14. The Morgan fingerprint density at radius 2 is 1.81 bits per heavy atom. The minimum absolute atomic E-state index is 0.382. The summed E-state index contributed by atoms with van der Waals surface area (Å²) in [5.74, 6) is 0. The van der Waals surface area contributed by atoms with Gasteiger partial charge in [0.2, 0.25) is 0 Å². The first kappa shape index (κ1) is 18.5. The Kier molecular flexibility index (Phi) is 9.79. The molecular formula is C15H21Cl2CoN3+. The number of rotatable bonds is 6. The molecule has 0 atom stereocenters. The molecule has 2 rings (SSSR count). The van der Waals surface area contributed by atoms with E-state index in [4.69, 9.17) is 20.3 Å². The van der Waals surface area contributed by atoms with Crippen LogP contribution in [-0.4, -0.2) is 36.1 Å². The molecule has 1 aromatic carbocycles. The van der Waals surface area contributed by atoms with E-state index in [1.807, 2.05) is 12.3 Å². The number of halogens is 2. The summed E-state index contributed by atoms with van der Waals surface area (Å²) in [6.45, 7) is 8.62. The molecule has 1 aromatic heterocycles. The topological polar surface area (TPSA) is 28.2 Å². The number of benzene rings is 1. The number of anilines is 1. The Hall–Kier alpha value is -0.524. The monoisotopic (exact) mass is 372 g/mol. The second-order valence-corrected chi connectivity index (χ2v) is 6.10. The molecule has 0 saturated heterocycles. The van der Waals surface area contributed by atoms with Gasteiger partial charge in [-0.25, -0.2) is 0 Å². The number of aromatic nitrogens is 1. The summed E-state index contributed by atoms with van der Waals surface area (Å²) >= 11 is 0.382. The Balaban J connectivity index is 0.000000677. The normalized spacial score (nSPS) is 10.5. The zero-order chi connectivity index (χ0) is 15.5.